The van der Waals surface area contributed by atoms with E-state index in [-0.39, 0.29) is 6.10 Å². The van der Waals surface area contributed by atoms with Crippen LogP contribution in [0.15, 0.2) is 23.3 Å². The van der Waals surface area contributed by atoms with E-state index in [0.717, 1.165) is 51.1 Å². The Bertz CT molecular complexity index is 616. The summed E-state index contributed by atoms with van der Waals surface area (Å²) >= 11 is 0. The summed E-state index contributed by atoms with van der Waals surface area (Å²) < 4.78 is 5.62. The number of hydrogen-bond acceptors (Lipinski definition) is 4. The summed E-state index contributed by atoms with van der Waals surface area (Å²) in [5.41, 5.74) is 1.60. The summed E-state index contributed by atoms with van der Waals surface area (Å²) in [5.74, 6) is 2.02. The molecule has 6 nitrogen and oxygen atoms in total. The molecule has 1 unspecified atom stereocenters. The number of guanidine groups is 1. The Morgan fingerprint density at radius 1 is 1.44 bits per heavy atom. The molecular formula is C19H31N5O. The zero-order chi connectivity index (χ0) is 17.9. The van der Waals surface area contributed by atoms with E-state index >= 15 is 0 Å². The standard InChI is InChI=1S/C19H31N5O/c1-15-13-23(9-10-25-15)17-11-16(5-7-21-17)12-22-18(20-4)24-8-6-19(2,3)14-24/h5,7,11,15H,6,8-10,12-14H2,1-4H3,(H,20,22). The maximum Gasteiger partial charge on any atom is 0.193 e. The van der Waals surface area contributed by atoms with Gasteiger partial charge in [-0.25, -0.2) is 4.98 Å². The highest BCUT2D eigenvalue weighted by molar-refractivity contribution is 5.80. The van der Waals surface area contributed by atoms with Crippen molar-refractivity contribution < 1.29 is 4.74 Å². The predicted octanol–water partition coefficient (Wildman–Crippen LogP) is 2.11. The number of likely N-dealkylation sites (tertiary alicyclic amines) is 1. The van der Waals surface area contributed by atoms with Gasteiger partial charge in [-0.3, -0.25) is 4.99 Å². The number of aliphatic imine (C=N–C) groups is 1. The van der Waals surface area contributed by atoms with E-state index in [1.807, 2.05) is 13.2 Å². The number of aromatic nitrogens is 1. The van der Waals surface area contributed by atoms with Crippen LogP contribution in [0.2, 0.25) is 0 Å². The van der Waals surface area contributed by atoms with Crippen LogP contribution in [0.5, 0.6) is 0 Å². The first-order valence-electron chi connectivity index (χ1n) is 9.24. The number of nitrogens with one attached hydrogen (secondary N) is 1. The van der Waals surface area contributed by atoms with E-state index in [2.05, 4.69) is 58.0 Å². The first kappa shape index (κ1) is 18.0. The second kappa shape index (κ2) is 7.60. The summed E-state index contributed by atoms with van der Waals surface area (Å²) in [5, 5.41) is 3.51. The van der Waals surface area contributed by atoms with E-state index in [0.29, 0.717) is 5.41 Å². The lowest BCUT2D eigenvalue weighted by Crippen LogP contribution is -2.41. The zero-order valence-electron chi connectivity index (χ0n) is 16.0. The van der Waals surface area contributed by atoms with Gasteiger partial charge in [-0.15, -0.1) is 0 Å². The van der Waals surface area contributed by atoms with E-state index in [1.54, 1.807) is 0 Å². The molecule has 1 atom stereocenters. The first-order chi connectivity index (χ1) is 12.0. The van der Waals surface area contributed by atoms with Gasteiger partial charge in [0.15, 0.2) is 5.96 Å². The molecule has 6 heteroatoms. The van der Waals surface area contributed by atoms with Gasteiger partial charge >= 0.3 is 0 Å². The fourth-order valence-electron chi connectivity index (χ4n) is 3.58. The molecule has 0 aromatic carbocycles. The van der Waals surface area contributed by atoms with Crippen molar-refractivity contribution in [2.45, 2.75) is 39.8 Å². The monoisotopic (exact) mass is 345 g/mol. The number of anilines is 1. The SMILES string of the molecule is CN=C(NCc1ccnc(N2CCOC(C)C2)c1)N1CCC(C)(C)C1. The van der Waals surface area contributed by atoms with E-state index < -0.39 is 0 Å². The van der Waals surface area contributed by atoms with Gasteiger partial charge in [-0.05, 0) is 36.5 Å². The Kier molecular flexibility index (Phi) is 5.47. The molecule has 3 rings (SSSR count). The van der Waals surface area contributed by atoms with Crippen LogP contribution >= 0.6 is 0 Å². The third kappa shape index (κ3) is 4.63. The summed E-state index contributed by atoms with van der Waals surface area (Å²) in [6, 6.07) is 4.24. The van der Waals surface area contributed by atoms with Crippen LogP contribution in [0, 0.1) is 5.41 Å². The van der Waals surface area contributed by atoms with Crippen molar-refractivity contribution >= 4 is 11.8 Å². The van der Waals surface area contributed by atoms with Crippen molar-refractivity contribution in [3.63, 3.8) is 0 Å². The topological polar surface area (TPSA) is 53.0 Å². The number of pyridine rings is 1. The van der Waals surface area contributed by atoms with Gasteiger partial charge < -0.3 is 19.9 Å². The third-order valence-electron chi connectivity index (χ3n) is 5.01. The quantitative estimate of drug-likeness (QED) is 0.672. The van der Waals surface area contributed by atoms with Gasteiger partial charge in [0, 0.05) is 46.0 Å². The molecule has 0 radical (unpaired) electrons. The smallest absolute Gasteiger partial charge is 0.193 e. The third-order valence-corrected chi connectivity index (χ3v) is 5.01. The van der Waals surface area contributed by atoms with E-state index in [9.17, 15) is 0 Å². The molecule has 0 saturated carbocycles. The lowest BCUT2D eigenvalue weighted by atomic mass is 9.93. The normalized spacial score (nSPS) is 23.8. The average molecular weight is 345 g/mol. The highest BCUT2D eigenvalue weighted by Crippen LogP contribution is 2.28. The van der Waals surface area contributed by atoms with E-state index in [1.165, 1.54) is 12.0 Å². The Balaban J connectivity index is 1.60. The summed E-state index contributed by atoms with van der Waals surface area (Å²) in [4.78, 5) is 13.7. The number of morpholine rings is 1. The fourth-order valence-corrected chi connectivity index (χ4v) is 3.58. The van der Waals surface area contributed by atoms with Crippen LogP contribution in [-0.4, -0.2) is 61.8 Å². The largest absolute Gasteiger partial charge is 0.375 e. The van der Waals surface area contributed by atoms with Gasteiger partial charge in [0.25, 0.3) is 0 Å². The van der Waals surface area contributed by atoms with Gasteiger partial charge in [0.2, 0.25) is 0 Å². The van der Waals surface area contributed by atoms with Gasteiger partial charge in [0.1, 0.15) is 5.82 Å². The van der Waals surface area contributed by atoms with Gasteiger partial charge in [-0.2, -0.15) is 0 Å². The molecule has 1 aromatic heterocycles. The molecule has 138 valence electrons. The van der Waals surface area contributed by atoms with Crippen LogP contribution in [0.1, 0.15) is 32.8 Å². The maximum absolute atomic E-state index is 5.62. The fraction of sp³-hybridized carbons (Fsp3) is 0.684. The summed E-state index contributed by atoms with van der Waals surface area (Å²) in [7, 11) is 1.86. The maximum atomic E-state index is 5.62. The molecule has 25 heavy (non-hydrogen) atoms. The van der Waals surface area contributed by atoms with Crippen molar-refractivity contribution in [2.75, 3.05) is 44.7 Å². The number of rotatable bonds is 3. The van der Waals surface area contributed by atoms with Crippen LogP contribution < -0.4 is 10.2 Å². The van der Waals surface area contributed by atoms with Crippen molar-refractivity contribution in [3.8, 4) is 0 Å². The molecule has 2 saturated heterocycles. The van der Waals surface area contributed by atoms with Crippen LogP contribution in [0.3, 0.4) is 0 Å². The van der Waals surface area contributed by atoms with Crippen molar-refractivity contribution in [1.29, 1.82) is 0 Å². The molecule has 1 N–H and O–H groups in total. The summed E-state index contributed by atoms with van der Waals surface area (Å²) in [6.07, 6.45) is 3.37. The highest BCUT2D eigenvalue weighted by Gasteiger charge is 2.30. The Morgan fingerprint density at radius 2 is 2.28 bits per heavy atom. The van der Waals surface area contributed by atoms with Crippen molar-refractivity contribution in [3.05, 3.63) is 23.9 Å². The van der Waals surface area contributed by atoms with Crippen molar-refractivity contribution in [2.24, 2.45) is 10.4 Å². The molecule has 2 fully saturated rings. The molecule has 3 heterocycles. The molecular weight excluding hydrogens is 314 g/mol. The van der Waals surface area contributed by atoms with Crippen LogP contribution in [0.25, 0.3) is 0 Å². The molecule has 0 aliphatic carbocycles. The Hall–Kier alpha value is -1.82. The van der Waals surface area contributed by atoms with Crippen LogP contribution in [0.4, 0.5) is 5.82 Å². The Labute approximate surface area is 151 Å². The van der Waals surface area contributed by atoms with Gasteiger partial charge in [0.05, 0.1) is 12.7 Å². The lowest BCUT2D eigenvalue weighted by Gasteiger charge is -2.32. The molecule has 0 spiro atoms. The molecule has 2 aliphatic heterocycles. The van der Waals surface area contributed by atoms with Crippen molar-refractivity contribution in [1.82, 2.24) is 15.2 Å². The second-order valence-electron chi connectivity index (χ2n) is 7.89. The highest BCUT2D eigenvalue weighted by atomic mass is 16.5. The zero-order valence-corrected chi connectivity index (χ0v) is 16.0. The number of hydrogen-bond donors (Lipinski definition) is 1. The van der Waals surface area contributed by atoms with E-state index in [4.69, 9.17) is 4.74 Å². The molecule has 2 aliphatic rings. The predicted molar refractivity (Wildman–Crippen MR) is 102 cm³/mol. The van der Waals surface area contributed by atoms with Gasteiger partial charge in [-0.1, -0.05) is 13.8 Å². The minimum Gasteiger partial charge on any atom is -0.375 e. The summed E-state index contributed by atoms with van der Waals surface area (Å²) in [6.45, 7) is 12.2. The minimum absolute atomic E-state index is 0.259. The number of ether oxygens (including phenoxy) is 1. The van der Waals surface area contributed by atoms with Crippen LogP contribution in [-0.2, 0) is 11.3 Å². The average Bonchev–Trinajstić information content (AvgIpc) is 2.95. The first-order valence-corrected chi connectivity index (χ1v) is 9.24. The molecule has 1 aromatic rings. The second-order valence-corrected chi connectivity index (χ2v) is 7.89. The minimum atomic E-state index is 0.259. The lowest BCUT2D eigenvalue weighted by molar-refractivity contribution is 0.0529. The number of nitrogens with zero attached hydrogens (tertiary/aromatic N) is 4. The Morgan fingerprint density at radius 3 is 2.96 bits per heavy atom. The molecule has 0 bridgehead atoms. The molecule has 0 amide bonds.